The van der Waals surface area contributed by atoms with Crippen molar-refractivity contribution in [1.82, 2.24) is 5.32 Å². The summed E-state index contributed by atoms with van der Waals surface area (Å²) in [4.78, 5) is 0. The quantitative estimate of drug-likeness (QED) is 0.816. The first-order valence-corrected chi connectivity index (χ1v) is 6.46. The molecule has 0 saturated heterocycles. The van der Waals surface area contributed by atoms with Gasteiger partial charge in [-0.1, -0.05) is 43.2 Å². The van der Waals surface area contributed by atoms with Gasteiger partial charge in [0.15, 0.2) is 0 Å². The van der Waals surface area contributed by atoms with Crippen LogP contribution in [-0.2, 0) is 4.74 Å². The van der Waals surface area contributed by atoms with Crippen LogP contribution in [0.2, 0.25) is 0 Å². The van der Waals surface area contributed by atoms with Crippen molar-refractivity contribution in [3.63, 3.8) is 0 Å². The molecule has 0 fully saturated rings. The maximum Gasteiger partial charge on any atom is 0.0763 e. The van der Waals surface area contributed by atoms with E-state index >= 15 is 0 Å². The number of methoxy groups -OCH3 is 1. The molecular weight excluding hydrogens is 210 g/mol. The first-order chi connectivity index (χ1) is 8.12. The second kappa shape index (κ2) is 6.77. The zero-order valence-electron chi connectivity index (χ0n) is 11.7. The number of aryl methyl sites for hydroxylation is 2. The molecule has 1 rings (SSSR count). The highest BCUT2D eigenvalue weighted by molar-refractivity contribution is 5.31. The van der Waals surface area contributed by atoms with Gasteiger partial charge >= 0.3 is 0 Å². The number of likely N-dealkylation sites (N-methyl/N-ethyl adjacent to an activating group) is 1. The minimum atomic E-state index is 0.233. The van der Waals surface area contributed by atoms with Gasteiger partial charge in [-0.25, -0.2) is 0 Å². The Morgan fingerprint density at radius 2 is 1.71 bits per heavy atom. The van der Waals surface area contributed by atoms with E-state index < -0.39 is 0 Å². The molecule has 96 valence electrons. The Morgan fingerprint density at radius 3 is 2.12 bits per heavy atom. The van der Waals surface area contributed by atoms with Crippen LogP contribution >= 0.6 is 0 Å². The van der Waals surface area contributed by atoms with E-state index in [2.05, 4.69) is 51.2 Å². The zero-order chi connectivity index (χ0) is 12.8. The van der Waals surface area contributed by atoms with Crippen molar-refractivity contribution in [3.8, 4) is 0 Å². The van der Waals surface area contributed by atoms with Gasteiger partial charge in [-0.15, -0.1) is 0 Å². The van der Waals surface area contributed by atoms with E-state index in [1.807, 2.05) is 0 Å². The summed E-state index contributed by atoms with van der Waals surface area (Å²) in [5, 5.41) is 3.53. The maximum absolute atomic E-state index is 5.59. The van der Waals surface area contributed by atoms with Gasteiger partial charge in [0.2, 0.25) is 0 Å². The minimum Gasteiger partial charge on any atom is -0.379 e. The Morgan fingerprint density at radius 1 is 1.12 bits per heavy atom. The van der Waals surface area contributed by atoms with Crippen LogP contribution in [0.4, 0.5) is 0 Å². The van der Waals surface area contributed by atoms with Crippen LogP contribution in [0.5, 0.6) is 0 Å². The Labute approximate surface area is 105 Å². The van der Waals surface area contributed by atoms with Gasteiger partial charge in [0.25, 0.3) is 0 Å². The first kappa shape index (κ1) is 14.2. The molecular formula is C15H25NO. The second-order valence-electron chi connectivity index (χ2n) is 4.64. The lowest BCUT2D eigenvalue weighted by molar-refractivity contribution is 0.0655. The number of hydrogen-bond donors (Lipinski definition) is 1. The highest BCUT2D eigenvalue weighted by atomic mass is 16.5. The molecule has 0 heterocycles. The topological polar surface area (TPSA) is 21.3 Å². The number of hydrogen-bond acceptors (Lipinski definition) is 2. The molecule has 1 aromatic carbocycles. The van der Waals surface area contributed by atoms with Gasteiger partial charge < -0.3 is 10.1 Å². The zero-order valence-corrected chi connectivity index (χ0v) is 11.7. The lowest BCUT2D eigenvalue weighted by Crippen LogP contribution is -2.33. The summed E-state index contributed by atoms with van der Waals surface area (Å²) in [5.41, 5.74) is 3.96. The van der Waals surface area contributed by atoms with Crippen molar-refractivity contribution < 1.29 is 4.74 Å². The van der Waals surface area contributed by atoms with E-state index in [9.17, 15) is 0 Å². The Balaban J connectivity index is 3.03. The standard InChI is InChI=1S/C15H25NO/c1-6-14(17-5)15(16-7-2)13-9-11(3)8-12(4)10-13/h8-10,14-16H,6-7H2,1-5H3. The van der Waals surface area contributed by atoms with Gasteiger partial charge in [-0.3, -0.25) is 0 Å². The van der Waals surface area contributed by atoms with Crippen LogP contribution in [0.15, 0.2) is 18.2 Å². The summed E-state index contributed by atoms with van der Waals surface area (Å²) < 4.78 is 5.59. The summed E-state index contributed by atoms with van der Waals surface area (Å²) in [7, 11) is 1.79. The van der Waals surface area contributed by atoms with Crippen LogP contribution < -0.4 is 5.32 Å². The fourth-order valence-corrected chi connectivity index (χ4v) is 2.41. The molecule has 2 nitrogen and oxygen atoms in total. The number of nitrogens with one attached hydrogen (secondary N) is 1. The van der Waals surface area contributed by atoms with Gasteiger partial charge in [0.05, 0.1) is 12.1 Å². The fourth-order valence-electron chi connectivity index (χ4n) is 2.41. The highest BCUT2D eigenvalue weighted by Gasteiger charge is 2.20. The summed E-state index contributed by atoms with van der Waals surface area (Å²) in [5.74, 6) is 0. The molecule has 0 aliphatic carbocycles. The third kappa shape index (κ3) is 3.83. The van der Waals surface area contributed by atoms with Crippen molar-refractivity contribution in [1.29, 1.82) is 0 Å². The number of benzene rings is 1. The Bertz CT molecular complexity index is 325. The van der Waals surface area contributed by atoms with Crippen molar-refractivity contribution in [2.75, 3.05) is 13.7 Å². The summed E-state index contributed by atoms with van der Waals surface area (Å²) in [6, 6.07) is 7.00. The highest BCUT2D eigenvalue weighted by Crippen LogP contribution is 2.23. The Kier molecular flexibility index (Phi) is 5.66. The molecule has 2 unspecified atom stereocenters. The molecule has 2 heteroatoms. The molecule has 0 amide bonds. The number of rotatable bonds is 6. The average molecular weight is 235 g/mol. The predicted octanol–water partition coefficient (Wildman–Crippen LogP) is 3.38. The third-order valence-corrected chi connectivity index (χ3v) is 3.10. The molecule has 0 radical (unpaired) electrons. The van der Waals surface area contributed by atoms with Crippen LogP contribution in [0, 0.1) is 13.8 Å². The van der Waals surface area contributed by atoms with Gasteiger partial charge in [-0.05, 0) is 32.4 Å². The largest absolute Gasteiger partial charge is 0.379 e. The molecule has 0 aliphatic heterocycles. The smallest absolute Gasteiger partial charge is 0.0763 e. The van der Waals surface area contributed by atoms with Crippen molar-refractivity contribution in [2.45, 2.75) is 46.3 Å². The average Bonchev–Trinajstić information content (AvgIpc) is 2.28. The van der Waals surface area contributed by atoms with Crippen LogP contribution in [-0.4, -0.2) is 19.8 Å². The molecule has 0 saturated carbocycles. The van der Waals surface area contributed by atoms with E-state index in [1.54, 1.807) is 7.11 Å². The van der Waals surface area contributed by atoms with Gasteiger partial charge in [0.1, 0.15) is 0 Å². The normalized spacial score (nSPS) is 14.6. The molecule has 0 aromatic heterocycles. The molecule has 0 bridgehead atoms. The summed E-state index contributed by atoms with van der Waals surface area (Å²) >= 11 is 0. The summed E-state index contributed by atoms with van der Waals surface area (Å²) in [6.45, 7) is 9.55. The van der Waals surface area contributed by atoms with Gasteiger partial charge in [-0.2, -0.15) is 0 Å². The van der Waals surface area contributed by atoms with E-state index in [0.717, 1.165) is 13.0 Å². The van der Waals surface area contributed by atoms with Crippen LogP contribution in [0.25, 0.3) is 0 Å². The second-order valence-corrected chi connectivity index (χ2v) is 4.64. The Hall–Kier alpha value is -0.860. The maximum atomic E-state index is 5.59. The lowest BCUT2D eigenvalue weighted by atomic mass is 9.96. The molecule has 2 atom stereocenters. The van der Waals surface area contributed by atoms with E-state index in [0.29, 0.717) is 0 Å². The first-order valence-electron chi connectivity index (χ1n) is 6.46. The molecule has 1 N–H and O–H groups in total. The molecule has 17 heavy (non-hydrogen) atoms. The van der Waals surface area contributed by atoms with Crippen LogP contribution in [0.1, 0.15) is 43.0 Å². The molecule has 0 spiro atoms. The van der Waals surface area contributed by atoms with Crippen LogP contribution in [0.3, 0.4) is 0 Å². The predicted molar refractivity (Wildman–Crippen MR) is 73.4 cm³/mol. The minimum absolute atomic E-state index is 0.233. The van der Waals surface area contributed by atoms with Gasteiger partial charge in [0, 0.05) is 7.11 Å². The van der Waals surface area contributed by atoms with Crippen molar-refractivity contribution in [2.24, 2.45) is 0 Å². The van der Waals surface area contributed by atoms with Crippen molar-refractivity contribution in [3.05, 3.63) is 34.9 Å². The monoisotopic (exact) mass is 235 g/mol. The lowest BCUT2D eigenvalue weighted by Gasteiger charge is -2.27. The van der Waals surface area contributed by atoms with E-state index in [4.69, 9.17) is 4.74 Å². The summed E-state index contributed by atoms with van der Waals surface area (Å²) in [6.07, 6.45) is 1.25. The van der Waals surface area contributed by atoms with E-state index in [1.165, 1.54) is 16.7 Å². The SMILES string of the molecule is CCNC(c1cc(C)cc(C)c1)C(CC)OC. The third-order valence-electron chi connectivity index (χ3n) is 3.10. The number of ether oxygens (including phenoxy) is 1. The van der Waals surface area contributed by atoms with E-state index in [-0.39, 0.29) is 12.1 Å². The fraction of sp³-hybridized carbons (Fsp3) is 0.600. The molecule has 0 aliphatic rings. The van der Waals surface area contributed by atoms with Crippen molar-refractivity contribution >= 4 is 0 Å². The molecule has 1 aromatic rings.